The fourth-order valence-corrected chi connectivity index (χ4v) is 4.69. The summed E-state index contributed by atoms with van der Waals surface area (Å²) in [4.78, 5) is 0. The summed E-state index contributed by atoms with van der Waals surface area (Å²) in [6.45, 7) is 3.46. The third-order valence-corrected chi connectivity index (χ3v) is 5.78. The Hall–Kier alpha value is 0.460. The highest BCUT2D eigenvalue weighted by molar-refractivity contribution is 8.12. The van der Waals surface area contributed by atoms with Crippen LogP contribution in [-0.4, -0.2) is 31.0 Å². The van der Waals surface area contributed by atoms with E-state index in [1.807, 2.05) is 0 Å². The monoisotopic (exact) mass is 194 g/mol. The average molecular weight is 194 g/mol. The zero-order valence-corrected chi connectivity index (χ0v) is 8.50. The van der Waals surface area contributed by atoms with Crippen LogP contribution in [0, 0.1) is 0 Å². The highest BCUT2D eigenvalue weighted by Crippen LogP contribution is 2.30. The largest absolute Gasteiger partial charge is 0.388 e. The van der Waals surface area contributed by atoms with E-state index in [4.69, 9.17) is 0 Å². The van der Waals surface area contributed by atoms with Gasteiger partial charge in [0.05, 0.1) is 5.60 Å². The molecule has 1 heterocycles. The Labute approximate surface area is 74.2 Å². The molecule has 0 bridgehead atoms. The van der Waals surface area contributed by atoms with Crippen LogP contribution >= 0.6 is 11.8 Å². The molecular formula is C7H14O2S2. The van der Waals surface area contributed by atoms with Crippen LogP contribution in [0.1, 0.15) is 20.3 Å². The first kappa shape index (κ1) is 9.55. The van der Waals surface area contributed by atoms with E-state index in [-0.39, 0.29) is 4.58 Å². The van der Waals surface area contributed by atoms with Gasteiger partial charge in [-0.05, 0) is 26.0 Å². The van der Waals surface area contributed by atoms with Crippen molar-refractivity contribution in [3.63, 3.8) is 0 Å². The molecule has 1 N–H and O–H groups in total. The van der Waals surface area contributed by atoms with Gasteiger partial charge in [0.15, 0.2) is 0 Å². The van der Waals surface area contributed by atoms with Crippen LogP contribution in [0.15, 0.2) is 0 Å². The fourth-order valence-electron chi connectivity index (χ4n) is 1.10. The van der Waals surface area contributed by atoms with Crippen LogP contribution in [0.4, 0.5) is 0 Å². The minimum Gasteiger partial charge on any atom is -0.388 e. The lowest BCUT2D eigenvalue weighted by atomic mass is 10.2. The Morgan fingerprint density at radius 3 is 2.64 bits per heavy atom. The van der Waals surface area contributed by atoms with Gasteiger partial charge in [-0.25, -0.2) is 0 Å². The molecule has 1 saturated heterocycles. The van der Waals surface area contributed by atoms with Gasteiger partial charge in [-0.15, -0.1) is 11.8 Å². The van der Waals surface area contributed by atoms with E-state index in [2.05, 4.69) is 0 Å². The topological polar surface area (TPSA) is 37.3 Å². The van der Waals surface area contributed by atoms with Crippen molar-refractivity contribution in [1.29, 1.82) is 0 Å². The third kappa shape index (κ3) is 2.46. The molecule has 1 unspecified atom stereocenters. The second-order valence-corrected chi connectivity index (χ2v) is 6.45. The highest BCUT2D eigenvalue weighted by atomic mass is 32.2. The van der Waals surface area contributed by atoms with E-state index in [9.17, 15) is 9.32 Å². The number of thioether (sulfide) groups is 1. The predicted octanol–water partition coefficient (Wildman–Crippen LogP) is 0.969. The number of rotatable bonds is 1. The zero-order chi connectivity index (χ0) is 8.48. The molecule has 0 aromatic carbocycles. The van der Waals surface area contributed by atoms with Crippen LogP contribution in [-0.2, 0) is 10.8 Å². The molecule has 4 heteroatoms. The molecular weight excluding hydrogens is 180 g/mol. The molecule has 0 aromatic rings. The van der Waals surface area contributed by atoms with Crippen molar-refractivity contribution >= 4 is 22.6 Å². The summed E-state index contributed by atoms with van der Waals surface area (Å²) < 4.78 is 11.3. The van der Waals surface area contributed by atoms with Gasteiger partial charge >= 0.3 is 0 Å². The van der Waals surface area contributed by atoms with Crippen LogP contribution in [0.25, 0.3) is 0 Å². The Kier molecular flexibility index (Phi) is 3.00. The van der Waals surface area contributed by atoms with Crippen molar-refractivity contribution in [3.05, 3.63) is 0 Å². The van der Waals surface area contributed by atoms with Crippen molar-refractivity contribution in [3.8, 4) is 0 Å². The van der Waals surface area contributed by atoms with Gasteiger partial charge in [-0.3, -0.25) is 4.21 Å². The van der Waals surface area contributed by atoms with Crippen molar-refractivity contribution < 1.29 is 9.32 Å². The Morgan fingerprint density at radius 1 is 1.64 bits per heavy atom. The first-order valence-corrected chi connectivity index (χ1v) is 6.16. The van der Waals surface area contributed by atoms with E-state index in [0.29, 0.717) is 0 Å². The molecule has 0 spiro atoms. The highest BCUT2D eigenvalue weighted by Gasteiger charge is 2.34. The SMILES string of the molecule is CC(C)(O)[C@H]1SCCCS1=O. The predicted molar refractivity (Wildman–Crippen MR) is 50.2 cm³/mol. The summed E-state index contributed by atoms with van der Waals surface area (Å²) in [6.07, 6.45) is 1.02. The van der Waals surface area contributed by atoms with E-state index >= 15 is 0 Å². The molecule has 1 fully saturated rings. The maximum Gasteiger partial charge on any atom is 0.108 e. The van der Waals surface area contributed by atoms with Crippen LogP contribution in [0.3, 0.4) is 0 Å². The first-order valence-electron chi connectivity index (χ1n) is 3.73. The van der Waals surface area contributed by atoms with Crippen molar-refractivity contribution in [2.24, 2.45) is 0 Å². The molecule has 2 atom stereocenters. The first-order chi connectivity index (χ1) is 5.02. The van der Waals surface area contributed by atoms with Gasteiger partial charge in [0, 0.05) is 16.6 Å². The second-order valence-electron chi connectivity index (χ2n) is 3.29. The molecule has 0 aromatic heterocycles. The summed E-state index contributed by atoms with van der Waals surface area (Å²) >= 11 is 1.63. The Morgan fingerprint density at radius 2 is 2.27 bits per heavy atom. The lowest BCUT2D eigenvalue weighted by molar-refractivity contribution is 0.0973. The van der Waals surface area contributed by atoms with Gasteiger partial charge in [0.25, 0.3) is 0 Å². The van der Waals surface area contributed by atoms with Crippen molar-refractivity contribution in [2.45, 2.75) is 30.5 Å². The molecule has 1 aliphatic heterocycles. The van der Waals surface area contributed by atoms with Crippen molar-refractivity contribution in [1.82, 2.24) is 0 Å². The quantitative estimate of drug-likeness (QED) is 0.676. The minimum atomic E-state index is -0.834. The smallest absolute Gasteiger partial charge is 0.108 e. The van der Waals surface area contributed by atoms with Gasteiger partial charge in [0.1, 0.15) is 4.58 Å². The molecule has 66 valence electrons. The lowest BCUT2D eigenvalue weighted by Gasteiger charge is -2.30. The van der Waals surface area contributed by atoms with Gasteiger partial charge in [0.2, 0.25) is 0 Å². The zero-order valence-electron chi connectivity index (χ0n) is 6.87. The van der Waals surface area contributed by atoms with Crippen LogP contribution < -0.4 is 0 Å². The number of hydrogen-bond donors (Lipinski definition) is 1. The number of aliphatic hydroxyl groups is 1. The molecule has 0 amide bonds. The molecule has 1 rings (SSSR count). The fraction of sp³-hybridized carbons (Fsp3) is 1.00. The third-order valence-electron chi connectivity index (χ3n) is 1.57. The number of hydrogen-bond acceptors (Lipinski definition) is 3. The van der Waals surface area contributed by atoms with E-state index in [1.165, 1.54) is 0 Å². The maximum absolute atomic E-state index is 11.4. The summed E-state index contributed by atoms with van der Waals surface area (Å²) in [7, 11) is -0.834. The van der Waals surface area contributed by atoms with Crippen LogP contribution in [0.5, 0.6) is 0 Å². The van der Waals surface area contributed by atoms with E-state index in [0.717, 1.165) is 17.9 Å². The molecule has 11 heavy (non-hydrogen) atoms. The van der Waals surface area contributed by atoms with E-state index < -0.39 is 16.4 Å². The van der Waals surface area contributed by atoms with E-state index in [1.54, 1.807) is 25.6 Å². The van der Waals surface area contributed by atoms with Crippen molar-refractivity contribution in [2.75, 3.05) is 11.5 Å². The van der Waals surface area contributed by atoms with Crippen LogP contribution in [0.2, 0.25) is 0 Å². The molecule has 0 saturated carbocycles. The second kappa shape index (κ2) is 3.46. The molecule has 1 aliphatic rings. The summed E-state index contributed by atoms with van der Waals surface area (Å²) in [5.41, 5.74) is -0.796. The Balaban J connectivity index is 2.62. The van der Waals surface area contributed by atoms with Gasteiger partial charge in [-0.1, -0.05) is 0 Å². The summed E-state index contributed by atoms with van der Waals surface area (Å²) in [5.74, 6) is 1.78. The summed E-state index contributed by atoms with van der Waals surface area (Å²) in [5, 5.41) is 9.60. The molecule has 0 aliphatic carbocycles. The maximum atomic E-state index is 11.4. The minimum absolute atomic E-state index is 0.0868. The normalized spacial score (nSPS) is 33.7. The summed E-state index contributed by atoms with van der Waals surface area (Å²) in [6, 6.07) is 0. The van der Waals surface area contributed by atoms with Gasteiger partial charge in [-0.2, -0.15) is 0 Å². The van der Waals surface area contributed by atoms with Gasteiger partial charge < -0.3 is 5.11 Å². The molecule has 2 nitrogen and oxygen atoms in total. The average Bonchev–Trinajstić information content (AvgIpc) is 1.86. The standard InChI is InChI=1S/C7H14O2S2/c1-7(2,8)6-10-4-3-5-11(6)9/h6,8H,3-5H2,1-2H3/t6-,11?/m0/s1. The Bertz CT molecular complexity index is 162. The molecule has 0 radical (unpaired) electrons. The lowest BCUT2D eigenvalue weighted by Crippen LogP contribution is -2.39.